The van der Waals surface area contributed by atoms with Crippen LogP contribution in [0.5, 0.6) is 0 Å². The van der Waals surface area contributed by atoms with E-state index in [0.717, 1.165) is 22.3 Å². The molecule has 0 aliphatic heterocycles. The number of carbonyl (C=O) groups excluding carboxylic acids is 1. The Balaban J connectivity index is 1.58. The lowest BCUT2D eigenvalue weighted by atomic mass is 10.0. The summed E-state index contributed by atoms with van der Waals surface area (Å²) in [5.41, 5.74) is 3.26. The third-order valence-corrected chi connectivity index (χ3v) is 3.86. The molecule has 0 spiro atoms. The van der Waals surface area contributed by atoms with E-state index in [4.69, 9.17) is 0 Å². The highest BCUT2D eigenvalue weighted by Crippen LogP contribution is 2.20. The Morgan fingerprint density at radius 1 is 0.760 bits per heavy atom. The molecule has 0 aliphatic carbocycles. The lowest BCUT2D eigenvalue weighted by Gasteiger charge is -2.07. The first-order valence-electron chi connectivity index (χ1n) is 7.96. The fourth-order valence-electron chi connectivity index (χ4n) is 2.58. The van der Waals surface area contributed by atoms with Crippen molar-refractivity contribution in [1.29, 1.82) is 0 Å². The summed E-state index contributed by atoms with van der Waals surface area (Å²) in [5, 5.41) is 2.77. The standard InChI is InChI=1S/C21H17F2NO/c22-19-5-1-3-16(11-19)14-24-21(25)12-15-7-9-17(10-8-15)18-4-2-6-20(23)13-18/h1-11,13H,12,14H2,(H,24,25). The third kappa shape index (κ3) is 4.73. The smallest absolute Gasteiger partial charge is 0.224 e. The zero-order valence-corrected chi connectivity index (χ0v) is 13.5. The van der Waals surface area contributed by atoms with E-state index in [2.05, 4.69) is 5.32 Å². The van der Waals surface area contributed by atoms with Crippen LogP contribution in [0.4, 0.5) is 8.78 Å². The van der Waals surface area contributed by atoms with Crippen molar-refractivity contribution in [2.45, 2.75) is 13.0 Å². The molecule has 0 fully saturated rings. The minimum Gasteiger partial charge on any atom is -0.352 e. The fraction of sp³-hybridized carbons (Fsp3) is 0.0952. The number of amides is 1. The molecule has 0 bridgehead atoms. The number of carbonyl (C=O) groups is 1. The van der Waals surface area contributed by atoms with Crippen molar-refractivity contribution < 1.29 is 13.6 Å². The summed E-state index contributed by atoms with van der Waals surface area (Å²) in [6.45, 7) is 0.290. The largest absolute Gasteiger partial charge is 0.352 e. The Morgan fingerprint density at radius 3 is 2.12 bits per heavy atom. The number of nitrogens with one attached hydrogen (secondary N) is 1. The first-order valence-corrected chi connectivity index (χ1v) is 7.96. The van der Waals surface area contributed by atoms with E-state index in [9.17, 15) is 13.6 Å². The molecular weight excluding hydrogens is 320 g/mol. The van der Waals surface area contributed by atoms with Crippen LogP contribution in [0.15, 0.2) is 72.8 Å². The molecule has 25 heavy (non-hydrogen) atoms. The van der Waals surface area contributed by atoms with Crippen LogP contribution in [0.2, 0.25) is 0 Å². The highest BCUT2D eigenvalue weighted by atomic mass is 19.1. The predicted molar refractivity (Wildman–Crippen MR) is 93.8 cm³/mol. The van der Waals surface area contributed by atoms with E-state index in [1.54, 1.807) is 18.2 Å². The van der Waals surface area contributed by atoms with Gasteiger partial charge in [0, 0.05) is 6.54 Å². The summed E-state index contributed by atoms with van der Waals surface area (Å²) in [5.74, 6) is -0.735. The van der Waals surface area contributed by atoms with Crippen molar-refractivity contribution in [3.8, 4) is 11.1 Å². The number of rotatable bonds is 5. The fourth-order valence-corrected chi connectivity index (χ4v) is 2.58. The van der Waals surface area contributed by atoms with Crippen LogP contribution in [0.3, 0.4) is 0 Å². The van der Waals surface area contributed by atoms with Crippen LogP contribution in [0.1, 0.15) is 11.1 Å². The Kier molecular flexibility index (Phi) is 5.19. The van der Waals surface area contributed by atoms with Crippen LogP contribution in [0, 0.1) is 11.6 Å². The quantitative estimate of drug-likeness (QED) is 0.730. The predicted octanol–water partition coefficient (Wildman–Crippen LogP) is 4.49. The van der Waals surface area contributed by atoms with E-state index < -0.39 is 0 Å². The van der Waals surface area contributed by atoms with Crippen molar-refractivity contribution in [2.24, 2.45) is 0 Å². The molecule has 1 N–H and O–H groups in total. The van der Waals surface area contributed by atoms with Gasteiger partial charge in [-0.15, -0.1) is 0 Å². The molecule has 3 aromatic rings. The van der Waals surface area contributed by atoms with E-state index in [-0.39, 0.29) is 30.5 Å². The number of benzene rings is 3. The molecule has 3 aromatic carbocycles. The normalized spacial score (nSPS) is 10.5. The van der Waals surface area contributed by atoms with Gasteiger partial charge >= 0.3 is 0 Å². The Morgan fingerprint density at radius 2 is 1.44 bits per heavy atom. The molecule has 1 amide bonds. The summed E-state index contributed by atoms with van der Waals surface area (Å²) < 4.78 is 26.4. The maximum absolute atomic E-state index is 13.3. The molecule has 0 radical (unpaired) electrons. The van der Waals surface area contributed by atoms with Gasteiger partial charge in [-0.1, -0.05) is 48.5 Å². The van der Waals surface area contributed by atoms with Gasteiger partial charge in [0.25, 0.3) is 0 Å². The summed E-state index contributed by atoms with van der Waals surface area (Å²) in [7, 11) is 0. The van der Waals surface area contributed by atoms with Crippen LogP contribution in [0.25, 0.3) is 11.1 Å². The zero-order valence-electron chi connectivity index (χ0n) is 13.5. The highest BCUT2D eigenvalue weighted by Gasteiger charge is 2.05. The number of hydrogen-bond acceptors (Lipinski definition) is 1. The molecule has 4 heteroatoms. The topological polar surface area (TPSA) is 29.1 Å². The SMILES string of the molecule is O=C(Cc1ccc(-c2cccc(F)c2)cc1)NCc1cccc(F)c1. The second kappa shape index (κ2) is 7.71. The summed E-state index contributed by atoms with van der Waals surface area (Å²) in [6.07, 6.45) is 0.235. The summed E-state index contributed by atoms with van der Waals surface area (Å²) >= 11 is 0. The second-order valence-corrected chi connectivity index (χ2v) is 5.79. The van der Waals surface area contributed by atoms with Gasteiger partial charge in [-0.05, 0) is 46.5 Å². The average Bonchev–Trinajstić information content (AvgIpc) is 2.61. The molecule has 2 nitrogen and oxygen atoms in total. The van der Waals surface area contributed by atoms with E-state index in [1.807, 2.05) is 30.3 Å². The van der Waals surface area contributed by atoms with Gasteiger partial charge < -0.3 is 5.32 Å². The maximum atomic E-state index is 13.3. The molecule has 126 valence electrons. The molecule has 0 atom stereocenters. The molecule has 0 unspecified atom stereocenters. The van der Waals surface area contributed by atoms with Crippen LogP contribution >= 0.6 is 0 Å². The summed E-state index contributed by atoms with van der Waals surface area (Å²) in [6, 6.07) is 19.9. The first-order chi connectivity index (χ1) is 12.1. The third-order valence-electron chi connectivity index (χ3n) is 3.86. The maximum Gasteiger partial charge on any atom is 0.224 e. The average molecular weight is 337 g/mol. The van der Waals surface area contributed by atoms with Crippen molar-refractivity contribution in [3.63, 3.8) is 0 Å². The summed E-state index contributed by atoms with van der Waals surface area (Å²) in [4.78, 5) is 12.0. The lowest BCUT2D eigenvalue weighted by molar-refractivity contribution is -0.120. The molecule has 0 heterocycles. The Labute approximate surface area is 145 Å². The first kappa shape index (κ1) is 16.8. The van der Waals surface area contributed by atoms with Gasteiger partial charge in [-0.3, -0.25) is 4.79 Å². The van der Waals surface area contributed by atoms with Crippen molar-refractivity contribution in [1.82, 2.24) is 5.32 Å². The molecule has 0 aromatic heterocycles. The minimum absolute atomic E-state index is 0.136. The zero-order chi connectivity index (χ0) is 17.6. The second-order valence-electron chi connectivity index (χ2n) is 5.79. The molecule has 0 aliphatic rings. The van der Waals surface area contributed by atoms with Crippen LogP contribution in [-0.4, -0.2) is 5.91 Å². The Bertz CT molecular complexity index is 875. The van der Waals surface area contributed by atoms with Crippen LogP contribution < -0.4 is 5.32 Å². The van der Waals surface area contributed by atoms with Gasteiger partial charge in [0.05, 0.1) is 6.42 Å². The van der Waals surface area contributed by atoms with Crippen molar-refractivity contribution >= 4 is 5.91 Å². The van der Waals surface area contributed by atoms with Gasteiger partial charge in [-0.2, -0.15) is 0 Å². The minimum atomic E-state index is -0.320. The Hall–Kier alpha value is -3.01. The van der Waals surface area contributed by atoms with Gasteiger partial charge in [0.15, 0.2) is 0 Å². The van der Waals surface area contributed by atoms with E-state index >= 15 is 0 Å². The van der Waals surface area contributed by atoms with Gasteiger partial charge in [-0.25, -0.2) is 8.78 Å². The molecule has 3 rings (SSSR count). The van der Waals surface area contributed by atoms with Crippen molar-refractivity contribution in [2.75, 3.05) is 0 Å². The monoisotopic (exact) mass is 337 g/mol. The highest BCUT2D eigenvalue weighted by molar-refractivity contribution is 5.78. The molecule has 0 saturated heterocycles. The van der Waals surface area contributed by atoms with Crippen LogP contribution in [-0.2, 0) is 17.8 Å². The lowest BCUT2D eigenvalue weighted by Crippen LogP contribution is -2.24. The number of hydrogen-bond donors (Lipinski definition) is 1. The number of halogens is 2. The van der Waals surface area contributed by atoms with Gasteiger partial charge in [0.1, 0.15) is 11.6 Å². The van der Waals surface area contributed by atoms with E-state index in [1.165, 1.54) is 24.3 Å². The molecule has 0 saturated carbocycles. The van der Waals surface area contributed by atoms with Gasteiger partial charge in [0.2, 0.25) is 5.91 Å². The van der Waals surface area contributed by atoms with E-state index in [0.29, 0.717) is 0 Å². The molecular formula is C21H17F2NO. The van der Waals surface area contributed by atoms with Crippen molar-refractivity contribution in [3.05, 3.63) is 95.6 Å².